The molecule has 3 amide bonds. The van der Waals surface area contributed by atoms with Crippen LogP contribution in [-0.4, -0.2) is 29.1 Å². The summed E-state index contributed by atoms with van der Waals surface area (Å²) in [7, 11) is 0. The summed E-state index contributed by atoms with van der Waals surface area (Å²) in [5, 5.41) is 13.7. The Labute approximate surface area is 130 Å². The highest BCUT2D eigenvalue weighted by molar-refractivity contribution is 9.10. The smallest absolute Gasteiger partial charge is 0.326 e. The summed E-state index contributed by atoms with van der Waals surface area (Å²) >= 11 is 3.34. The average Bonchev–Trinajstić information content (AvgIpc) is 2.32. The number of hydrogen-bond acceptors (Lipinski definition) is 3. The van der Waals surface area contributed by atoms with Crippen LogP contribution < -0.4 is 16.4 Å². The highest BCUT2D eigenvalue weighted by Gasteiger charge is 2.22. The molecule has 0 saturated heterocycles. The van der Waals surface area contributed by atoms with Crippen molar-refractivity contribution in [1.29, 1.82) is 0 Å². The molecule has 5 N–H and O–H groups in total. The van der Waals surface area contributed by atoms with E-state index in [1.165, 1.54) is 0 Å². The fourth-order valence-electron chi connectivity index (χ4n) is 1.82. The van der Waals surface area contributed by atoms with Gasteiger partial charge < -0.3 is 21.5 Å². The molecule has 7 nitrogen and oxygen atoms in total. The Kier molecular flexibility index (Phi) is 5.71. The van der Waals surface area contributed by atoms with Crippen LogP contribution in [0.25, 0.3) is 0 Å². The molecule has 1 atom stereocenters. The van der Waals surface area contributed by atoms with Gasteiger partial charge in [-0.05, 0) is 37.1 Å². The van der Waals surface area contributed by atoms with Crippen LogP contribution in [0.15, 0.2) is 16.6 Å². The first-order chi connectivity index (χ1) is 9.70. The highest BCUT2D eigenvalue weighted by Crippen LogP contribution is 2.24. The third kappa shape index (κ3) is 5.07. The fraction of sp³-hybridized carbons (Fsp3) is 0.308. The SMILES string of the molecule is Cc1cc(Br)cc(C)c1NC(=O)NC(CC(N)=O)C(=O)O. The standard InChI is InChI=1S/C13H16BrN3O4/c1-6-3-8(14)4-7(2)11(6)17-13(21)16-9(12(19)20)5-10(15)18/h3-4,9H,5H2,1-2H3,(H2,15,18)(H,19,20)(H2,16,17,21). The summed E-state index contributed by atoms with van der Waals surface area (Å²) in [6, 6.07) is 1.57. The summed E-state index contributed by atoms with van der Waals surface area (Å²) in [5.74, 6) is -2.13. The monoisotopic (exact) mass is 357 g/mol. The number of nitrogens with one attached hydrogen (secondary N) is 2. The molecule has 1 aromatic rings. The van der Waals surface area contributed by atoms with Gasteiger partial charge in [-0.3, -0.25) is 4.79 Å². The first-order valence-corrected chi connectivity index (χ1v) is 6.85. The van der Waals surface area contributed by atoms with Crippen molar-refractivity contribution in [3.8, 4) is 0 Å². The van der Waals surface area contributed by atoms with Crippen LogP contribution in [0.4, 0.5) is 10.5 Å². The Balaban J connectivity index is 2.82. The van der Waals surface area contributed by atoms with Crippen LogP contribution in [0.5, 0.6) is 0 Å². The van der Waals surface area contributed by atoms with Crippen molar-refractivity contribution in [2.24, 2.45) is 5.73 Å². The largest absolute Gasteiger partial charge is 0.480 e. The van der Waals surface area contributed by atoms with Gasteiger partial charge in [0.05, 0.1) is 6.42 Å². The molecular formula is C13H16BrN3O4. The number of carbonyl (C=O) groups is 3. The summed E-state index contributed by atoms with van der Waals surface area (Å²) in [4.78, 5) is 33.6. The van der Waals surface area contributed by atoms with Crippen LogP contribution in [0, 0.1) is 13.8 Å². The maximum Gasteiger partial charge on any atom is 0.326 e. The molecule has 0 aromatic heterocycles. The van der Waals surface area contributed by atoms with Gasteiger partial charge in [0.2, 0.25) is 5.91 Å². The predicted octanol–water partition coefficient (Wildman–Crippen LogP) is 1.52. The molecule has 0 aliphatic rings. The first-order valence-electron chi connectivity index (χ1n) is 6.06. The molecule has 0 heterocycles. The first kappa shape index (κ1) is 17.0. The number of aliphatic carboxylic acids is 1. The van der Waals surface area contributed by atoms with Crippen molar-refractivity contribution in [2.45, 2.75) is 26.3 Å². The van der Waals surface area contributed by atoms with Crippen molar-refractivity contribution < 1.29 is 19.5 Å². The number of amides is 3. The zero-order valence-corrected chi connectivity index (χ0v) is 13.2. The van der Waals surface area contributed by atoms with Gasteiger partial charge in [0.1, 0.15) is 6.04 Å². The minimum atomic E-state index is -1.36. The summed E-state index contributed by atoms with van der Waals surface area (Å²) < 4.78 is 0.876. The van der Waals surface area contributed by atoms with Crippen LogP contribution in [0.3, 0.4) is 0 Å². The maximum absolute atomic E-state index is 11.8. The second kappa shape index (κ2) is 7.07. The van der Waals surface area contributed by atoms with E-state index >= 15 is 0 Å². The van der Waals surface area contributed by atoms with Gasteiger partial charge in [-0.15, -0.1) is 0 Å². The van der Waals surface area contributed by atoms with E-state index in [4.69, 9.17) is 10.8 Å². The molecule has 1 rings (SSSR count). The maximum atomic E-state index is 11.8. The zero-order valence-electron chi connectivity index (χ0n) is 11.6. The molecule has 0 saturated carbocycles. The van der Waals surface area contributed by atoms with Gasteiger partial charge in [-0.2, -0.15) is 0 Å². The van der Waals surface area contributed by atoms with E-state index in [2.05, 4.69) is 26.6 Å². The number of benzene rings is 1. The van der Waals surface area contributed by atoms with Crippen molar-refractivity contribution in [3.63, 3.8) is 0 Å². The van der Waals surface area contributed by atoms with Crippen molar-refractivity contribution in [2.75, 3.05) is 5.32 Å². The molecule has 0 spiro atoms. The van der Waals surface area contributed by atoms with Gasteiger partial charge in [-0.1, -0.05) is 15.9 Å². The summed E-state index contributed by atoms with van der Waals surface area (Å²) in [6.45, 7) is 3.62. The molecule has 0 aliphatic carbocycles. The van der Waals surface area contributed by atoms with Gasteiger partial charge in [0, 0.05) is 10.2 Å². The molecule has 0 radical (unpaired) electrons. The number of nitrogens with two attached hydrogens (primary N) is 1. The second-order valence-corrected chi connectivity index (χ2v) is 5.49. The number of anilines is 1. The fourth-order valence-corrected chi connectivity index (χ4v) is 2.50. The second-order valence-electron chi connectivity index (χ2n) is 4.57. The number of carbonyl (C=O) groups excluding carboxylic acids is 2. The van der Waals surface area contributed by atoms with Crippen LogP contribution in [-0.2, 0) is 9.59 Å². The van der Waals surface area contributed by atoms with Crippen LogP contribution in [0.2, 0.25) is 0 Å². The highest BCUT2D eigenvalue weighted by atomic mass is 79.9. The van der Waals surface area contributed by atoms with Gasteiger partial charge in [-0.25, -0.2) is 9.59 Å². The Morgan fingerprint density at radius 3 is 2.24 bits per heavy atom. The van der Waals surface area contributed by atoms with E-state index in [0.29, 0.717) is 5.69 Å². The van der Waals surface area contributed by atoms with E-state index in [9.17, 15) is 14.4 Å². The number of rotatable bonds is 5. The lowest BCUT2D eigenvalue weighted by Crippen LogP contribution is -2.45. The average molecular weight is 358 g/mol. The Morgan fingerprint density at radius 2 is 1.81 bits per heavy atom. The lowest BCUT2D eigenvalue weighted by Gasteiger charge is -2.16. The number of aryl methyl sites for hydroxylation is 2. The van der Waals surface area contributed by atoms with E-state index in [0.717, 1.165) is 15.6 Å². The molecular weight excluding hydrogens is 342 g/mol. The number of halogens is 1. The van der Waals surface area contributed by atoms with Gasteiger partial charge >= 0.3 is 12.0 Å². The number of primary amides is 1. The minimum Gasteiger partial charge on any atom is -0.480 e. The van der Waals surface area contributed by atoms with E-state index < -0.39 is 30.4 Å². The predicted molar refractivity (Wildman–Crippen MR) is 81.0 cm³/mol. The number of carboxylic acids is 1. The van der Waals surface area contributed by atoms with Crippen molar-refractivity contribution in [3.05, 3.63) is 27.7 Å². The minimum absolute atomic E-state index is 0.471. The summed E-state index contributed by atoms with van der Waals surface area (Å²) in [5.41, 5.74) is 7.16. The third-order valence-corrected chi connectivity index (χ3v) is 3.20. The molecule has 0 bridgehead atoms. The number of hydrogen-bond donors (Lipinski definition) is 4. The zero-order chi connectivity index (χ0) is 16.2. The van der Waals surface area contributed by atoms with Crippen molar-refractivity contribution >= 4 is 39.5 Å². The Bertz CT molecular complexity index is 566. The normalized spacial score (nSPS) is 11.6. The molecule has 114 valence electrons. The third-order valence-electron chi connectivity index (χ3n) is 2.74. The lowest BCUT2D eigenvalue weighted by molar-refractivity contribution is -0.140. The number of carboxylic acid groups (broad SMARTS) is 1. The van der Waals surface area contributed by atoms with E-state index in [1.807, 2.05) is 26.0 Å². The molecule has 0 fully saturated rings. The topological polar surface area (TPSA) is 122 Å². The van der Waals surface area contributed by atoms with E-state index in [-0.39, 0.29) is 0 Å². The molecule has 8 heteroatoms. The van der Waals surface area contributed by atoms with Gasteiger partial charge in [0.15, 0.2) is 0 Å². The van der Waals surface area contributed by atoms with Crippen LogP contribution in [0.1, 0.15) is 17.5 Å². The molecule has 1 aromatic carbocycles. The quantitative estimate of drug-likeness (QED) is 0.637. The van der Waals surface area contributed by atoms with Crippen LogP contribution >= 0.6 is 15.9 Å². The molecule has 21 heavy (non-hydrogen) atoms. The number of urea groups is 1. The Hall–Kier alpha value is -2.09. The van der Waals surface area contributed by atoms with Gasteiger partial charge in [0.25, 0.3) is 0 Å². The molecule has 1 unspecified atom stereocenters. The molecule has 0 aliphatic heterocycles. The Morgan fingerprint density at radius 1 is 1.29 bits per heavy atom. The lowest BCUT2D eigenvalue weighted by atomic mass is 10.1. The van der Waals surface area contributed by atoms with E-state index in [1.54, 1.807) is 0 Å². The van der Waals surface area contributed by atoms with Crippen molar-refractivity contribution in [1.82, 2.24) is 5.32 Å². The summed E-state index contributed by atoms with van der Waals surface area (Å²) in [6.07, 6.45) is -0.471.